The zero-order valence-corrected chi connectivity index (χ0v) is 8.93. The Labute approximate surface area is 75.3 Å². The van der Waals surface area contributed by atoms with E-state index in [4.69, 9.17) is 0 Å². The molecule has 0 saturated carbocycles. The molecular weight excluding hydrogens is 150 g/mol. The summed E-state index contributed by atoms with van der Waals surface area (Å²) in [5.74, 6) is 0.130. The SMILES string of the molecule is CC(C)=C(C)C(=O)N(C)C(C)C. The van der Waals surface area contributed by atoms with Gasteiger partial charge in [0.1, 0.15) is 0 Å². The summed E-state index contributed by atoms with van der Waals surface area (Å²) in [7, 11) is 1.83. The number of carbonyl (C=O) groups excluding carboxylic acids is 1. The van der Waals surface area contributed by atoms with E-state index in [-0.39, 0.29) is 11.9 Å². The van der Waals surface area contributed by atoms with Crippen LogP contribution in [0.15, 0.2) is 11.1 Å². The van der Waals surface area contributed by atoms with Gasteiger partial charge in [0.2, 0.25) is 5.91 Å². The number of amides is 1. The molecule has 0 N–H and O–H groups in total. The third-order valence-corrected chi connectivity index (χ3v) is 2.17. The number of rotatable bonds is 2. The minimum Gasteiger partial charge on any atom is -0.340 e. The highest BCUT2D eigenvalue weighted by atomic mass is 16.2. The Bertz CT molecular complexity index is 200. The molecule has 2 heteroatoms. The molecule has 0 radical (unpaired) electrons. The van der Waals surface area contributed by atoms with Crippen molar-refractivity contribution in [3.63, 3.8) is 0 Å². The van der Waals surface area contributed by atoms with Crippen LogP contribution in [0.5, 0.6) is 0 Å². The van der Waals surface area contributed by atoms with Gasteiger partial charge in [-0.25, -0.2) is 0 Å². The molecule has 1 amide bonds. The van der Waals surface area contributed by atoms with Crippen LogP contribution in [0.2, 0.25) is 0 Å². The quantitative estimate of drug-likeness (QED) is 0.580. The first-order valence-electron chi connectivity index (χ1n) is 4.29. The summed E-state index contributed by atoms with van der Waals surface area (Å²) in [6.07, 6.45) is 0. The van der Waals surface area contributed by atoms with Gasteiger partial charge in [-0.05, 0) is 34.6 Å². The minimum atomic E-state index is 0.130. The van der Waals surface area contributed by atoms with Gasteiger partial charge < -0.3 is 4.90 Å². The van der Waals surface area contributed by atoms with Crippen molar-refractivity contribution in [2.45, 2.75) is 40.7 Å². The molecule has 0 saturated heterocycles. The summed E-state index contributed by atoms with van der Waals surface area (Å²) in [6, 6.07) is 0.270. The number of hydrogen-bond acceptors (Lipinski definition) is 1. The van der Waals surface area contributed by atoms with E-state index >= 15 is 0 Å². The van der Waals surface area contributed by atoms with Gasteiger partial charge >= 0.3 is 0 Å². The molecule has 2 nitrogen and oxygen atoms in total. The largest absolute Gasteiger partial charge is 0.340 e. The lowest BCUT2D eigenvalue weighted by atomic mass is 10.1. The van der Waals surface area contributed by atoms with E-state index in [1.807, 2.05) is 41.7 Å². The molecule has 0 spiro atoms. The first-order chi connectivity index (χ1) is 5.37. The number of likely N-dealkylation sites (N-methyl/N-ethyl adjacent to an activating group) is 1. The van der Waals surface area contributed by atoms with Crippen LogP contribution in [0.25, 0.3) is 0 Å². The van der Waals surface area contributed by atoms with Crippen molar-refractivity contribution in [3.05, 3.63) is 11.1 Å². The minimum absolute atomic E-state index is 0.130. The van der Waals surface area contributed by atoms with E-state index in [1.54, 1.807) is 4.90 Å². The zero-order chi connectivity index (χ0) is 9.89. The van der Waals surface area contributed by atoms with Crippen LogP contribution in [-0.4, -0.2) is 23.9 Å². The predicted molar refractivity (Wildman–Crippen MR) is 52.0 cm³/mol. The van der Waals surface area contributed by atoms with E-state index in [2.05, 4.69) is 0 Å². The third-order valence-electron chi connectivity index (χ3n) is 2.17. The van der Waals surface area contributed by atoms with Crippen LogP contribution in [-0.2, 0) is 4.79 Å². The molecule has 12 heavy (non-hydrogen) atoms. The van der Waals surface area contributed by atoms with E-state index < -0.39 is 0 Å². The van der Waals surface area contributed by atoms with E-state index in [0.717, 1.165) is 11.1 Å². The number of hydrogen-bond donors (Lipinski definition) is 0. The summed E-state index contributed by atoms with van der Waals surface area (Å²) < 4.78 is 0. The Hall–Kier alpha value is -0.790. The van der Waals surface area contributed by atoms with Crippen molar-refractivity contribution in [1.82, 2.24) is 4.90 Å². The van der Waals surface area contributed by atoms with Crippen LogP contribution in [0.3, 0.4) is 0 Å². The highest BCUT2D eigenvalue weighted by molar-refractivity contribution is 5.93. The molecule has 0 atom stereocenters. The van der Waals surface area contributed by atoms with Crippen LogP contribution in [0.1, 0.15) is 34.6 Å². The monoisotopic (exact) mass is 169 g/mol. The molecule has 0 fully saturated rings. The highest BCUT2D eigenvalue weighted by Crippen LogP contribution is 2.07. The van der Waals surface area contributed by atoms with E-state index in [9.17, 15) is 4.79 Å². The van der Waals surface area contributed by atoms with Crippen LogP contribution >= 0.6 is 0 Å². The summed E-state index contributed by atoms with van der Waals surface area (Å²) >= 11 is 0. The Morgan fingerprint density at radius 3 is 1.83 bits per heavy atom. The van der Waals surface area contributed by atoms with Gasteiger partial charge in [0, 0.05) is 18.7 Å². The molecule has 0 aromatic rings. The second-order valence-corrected chi connectivity index (χ2v) is 3.63. The number of carbonyl (C=O) groups is 1. The molecule has 0 aliphatic rings. The summed E-state index contributed by atoms with van der Waals surface area (Å²) in [5.41, 5.74) is 1.94. The Kier molecular flexibility index (Phi) is 4.01. The second-order valence-electron chi connectivity index (χ2n) is 3.63. The lowest BCUT2D eigenvalue weighted by Gasteiger charge is -2.22. The third kappa shape index (κ3) is 2.68. The fraction of sp³-hybridized carbons (Fsp3) is 0.700. The molecule has 0 heterocycles. The summed E-state index contributed by atoms with van der Waals surface area (Å²) in [5, 5.41) is 0. The molecule has 0 aliphatic carbocycles. The smallest absolute Gasteiger partial charge is 0.249 e. The van der Waals surface area contributed by atoms with Gasteiger partial charge in [-0.1, -0.05) is 5.57 Å². The second kappa shape index (κ2) is 4.29. The average molecular weight is 169 g/mol. The molecule has 0 rings (SSSR count). The first-order valence-corrected chi connectivity index (χ1v) is 4.29. The van der Waals surface area contributed by atoms with Gasteiger partial charge in [-0.2, -0.15) is 0 Å². The van der Waals surface area contributed by atoms with Gasteiger partial charge in [0.15, 0.2) is 0 Å². The highest BCUT2D eigenvalue weighted by Gasteiger charge is 2.13. The van der Waals surface area contributed by atoms with Gasteiger partial charge in [-0.3, -0.25) is 4.79 Å². The van der Waals surface area contributed by atoms with Crippen molar-refractivity contribution < 1.29 is 4.79 Å². The van der Waals surface area contributed by atoms with Crippen molar-refractivity contribution >= 4 is 5.91 Å². The summed E-state index contributed by atoms with van der Waals surface area (Å²) in [6.45, 7) is 9.81. The number of nitrogens with zero attached hydrogens (tertiary/aromatic N) is 1. The maximum absolute atomic E-state index is 11.6. The van der Waals surface area contributed by atoms with Crippen molar-refractivity contribution in [1.29, 1.82) is 0 Å². The molecule has 0 aromatic carbocycles. The molecule has 70 valence electrons. The Balaban J connectivity index is 4.52. The maximum atomic E-state index is 11.6. The lowest BCUT2D eigenvalue weighted by molar-refractivity contribution is -0.127. The lowest BCUT2D eigenvalue weighted by Crippen LogP contribution is -2.33. The first kappa shape index (κ1) is 11.2. The summed E-state index contributed by atoms with van der Waals surface area (Å²) in [4.78, 5) is 13.3. The van der Waals surface area contributed by atoms with Gasteiger partial charge in [-0.15, -0.1) is 0 Å². The molecule has 0 unspecified atom stereocenters. The van der Waals surface area contributed by atoms with Crippen molar-refractivity contribution in [3.8, 4) is 0 Å². The molecule has 0 aliphatic heterocycles. The maximum Gasteiger partial charge on any atom is 0.249 e. The van der Waals surface area contributed by atoms with E-state index in [1.165, 1.54) is 0 Å². The predicted octanol–water partition coefficient (Wildman–Crippen LogP) is 2.21. The van der Waals surface area contributed by atoms with Crippen molar-refractivity contribution in [2.75, 3.05) is 7.05 Å². The Morgan fingerprint density at radius 1 is 1.17 bits per heavy atom. The van der Waals surface area contributed by atoms with Gasteiger partial charge in [0.05, 0.1) is 0 Å². The topological polar surface area (TPSA) is 20.3 Å². The molecular formula is C10H19NO. The van der Waals surface area contributed by atoms with Crippen LogP contribution in [0, 0.1) is 0 Å². The van der Waals surface area contributed by atoms with Crippen molar-refractivity contribution in [2.24, 2.45) is 0 Å². The Morgan fingerprint density at radius 2 is 1.58 bits per heavy atom. The van der Waals surface area contributed by atoms with Crippen LogP contribution in [0.4, 0.5) is 0 Å². The van der Waals surface area contributed by atoms with Gasteiger partial charge in [0.25, 0.3) is 0 Å². The standard InChI is InChI=1S/C10H19NO/c1-7(2)9(5)10(12)11(6)8(3)4/h8H,1-6H3. The normalized spacial score (nSPS) is 9.92. The fourth-order valence-corrected chi connectivity index (χ4v) is 0.713. The zero-order valence-electron chi connectivity index (χ0n) is 8.93. The average Bonchev–Trinajstić information content (AvgIpc) is 2.00. The number of allylic oxidation sites excluding steroid dienone is 1. The molecule has 0 bridgehead atoms. The fourth-order valence-electron chi connectivity index (χ4n) is 0.713. The molecule has 0 aromatic heterocycles. The van der Waals surface area contributed by atoms with E-state index in [0.29, 0.717) is 0 Å². The van der Waals surface area contributed by atoms with Crippen LogP contribution < -0.4 is 0 Å².